The van der Waals surface area contributed by atoms with E-state index < -0.39 is 0 Å². The Kier molecular flexibility index (Phi) is 11.1. The summed E-state index contributed by atoms with van der Waals surface area (Å²) in [6.45, 7) is 3.14. The first-order valence-corrected chi connectivity index (χ1v) is 10.6. The Balaban J connectivity index is 1.42. The molecule has 2 heterocycles. The van der Waals surface area contributed by atoms with E-state index in [1.807, 2.05) is 0 Å². The molecule has 2 aliphatic heterocycles. The lowest BCUT2D eigenvalue weighted by molar-refractivity contribution is -0.163. The first kappa shape index (κ1) is 20.8. The van der Waals surface area contributed by atoms with E-state index in [0.29, 0.717) is 10.5 Å². The van der Waals surface area contributed by atoms with Crippen LogP contribution in [0.4, 0.5) is 0 Å². The van der Waals surface area contributed by atoms with E-state index in [0.717, 1.165) is 77.8 Å². The molecular formula is C18H34O4S2. The zero-order valence-electron chi connectivity index (χ0n) is 14.7. The number of hydrogen-bond acceptors (Lipinski definition) is 6. The molecule has 0 amide bonds. The smallest absolute Gasteiger partial charge is 0.157 e. The highest BCUT2D eigenvalue weighted by Crippen LogP contribution is 2.19. The zero-order chi connectivity index (χ0) is 17.0. The van der Waals surface area contributed by atoms with Gasteiger partial charge in [0.15, 0.2) is 12.6 Å². The molecule has 2 aliphatic rings. The van der Waals surface area contributed by atoms with Gasteiger partial charge in [-0.15, -0.1) is 0 Å². The molecule has 2 rings (SSSR count). The van der Waals surface area contributed by atoms with Gasteiger partial charge in [0.1, 0.15) is 0 Å². The molecule has 4 nitrogen and oxygen atoms in total. The van der Waals surface area contributed by atoms with E-state index >= 15 is 0 Å². The largest absolute Gasteiger partial charge is 0.353 e. The van der Waals surface area contributed by atoms with Gasteiger partial charge in [0, 0.05) is 23.7 Å². The zero-order valence-corrected chi connectivity index (χ0v) is 16.5. The van der Waals surface area contributed by atoms with Crippen molar-refractivity contribution in [1.29, 1.82) is 0 Å². The summed E-state index contributed by atoms with van der Waals surface area (Å²) in [7, 11) is 0. The summed E-state index contributed by atoms with van der Waals surface area (Å²) in [6.07, 6.45) is 10.9. The molecule has 6 heteroatoms. The molecular weight excluding hydrogens is 344 g/mol. The van der Waals surface area contributed by atoms with E-state index in [9.17, 15) is 0 Å². The second-order valence-electron chi connectivity index (χ2n) is 6.80. The maximum Gasteiger partial charge on any atom is 0.157 e. The molecule has 0 aromatic rings. The summed E-state index contributed by atoms with van der Waals surface area (Å²) in [6, 6.07) is 0. The average molecular weight is 379 g/mol. The molecule has 142 valence electrons. The monoisotopic (exact) mass is 378 g/mol. The molecule has 0 aliphatic carbocycles. The maximum atomic E-state index is 5.77. The number of rotatable bonds is 11. The lowest BCUT2D eigenvalue weighted by atomic mass is 10.1. The standard InChI is InChI=1S/C18H34O4S2/c23-15(9-13-21-17-5-1-3-11-19-17)7-8-16(24)10-14-22-18-6-2-4-12-20-18/h15-18,23-24H,1-14H2. The molecule has 24 heavy (non-hydrogen) atoms. The van der Waals surface area contributed by atoms with Crippen molar-refractivity contribution in [3.8, 4) is 0 Å². The molecule has 0 saturated carbocycles. The normalized spacial score (nSPS) is 27.8. The van der Waals surface area contributed by atoms with Crippen LogP contribution in [0.15, 0.2) is 0 Å². The van der Waals surface area contributed by atoms with Gasteiger partial charge in [0.25, 0.3) is 0 Å². The van der Waals surface area contributed by atoms with Gasteiger partial charge >= 0.3 is 0 Å². The molecule has 4 unspecified atom stereocenters. The predicted octanol–water partition coefficient (Wildman–Crippen LogP) is 4.23. The minimum Gasteiger partial charge on any atom is -0.353 e. The fourth-order valence-corrected chi connectivity index (χ4v) is 3.54. The van der Waals surface area contributed by atoms with E-state index in [1.54, 1.807) is 0 Å². The summed E-state index contributed by atoms with van der Waals surface area (Å²) >= 11 is 9.34. The van der Waals surface area contributed by atoms with Crippen LogP contribution in [0.25, 0.3) is 0 Å². The predicted molar refractivity (Wildman–Crippen MR) is 103 cm³/mol. The van der Waals surface area contributed by atoms with Gasteiger partial charge in [-0.3, -0.25) is 0 Å². The minimum absolute atomic E-state index is 0.0102. The quantitative estimate of drug-likeness (QED) is 0.528. The fraction of sp³-hybridized carbons (Fsp3) is 1.00. The SMILES string of the molecule is SC(CCOC1CCCCO1)CCC(S)CCOC1CCCCO1. The number of thiol groups is 2. The van der Waals surface area contributed by atoms with E-state index in [2.05, 4.69) is 25.3 Å². The Morgan fingerprint density at radius 3 is 1.54 bits per heavy atom. The van der Waals surface area contributed by atoms with Gasteiger partial charge < -0.3 is 18.9 Å². The topological polar surface area (TPSA) is 36.9 Å². The molecule has 0 bridgehead atoms. The third-order valence-electron chi connectivity index (χ3n) is 4.62. The molecule has 4 atom stereocenters. The van der Waals surface area contributed by atoms with Crippen molar-refractivity contribution in [2.24, 2.45) is 0 Å². The Labute approximate surface area is 158 Å². The van der Waals surface area contributed by atoms with Crippen LogP contribution in [-0.4, -0.2) is 49.5 Å². The van der Waals surface area contributed by atoms with Gasteiger partial charge in [-0.05, 0) is 64.2 Å². The minimum atomic E-state index is 0.0102. The highest BCUT2D eigenvalue weighted by atomic mass is 32.1. The van der Waals surface area contributed by atoms with Crippen molar-refractivity contribution in [2.75, 3.05) is 26.4 Å². The van der Waals surface area contributed by atoms with Crippen molar-refractivity contribution < 1.29 is 18.9 Å². The van der Waals surface area contributed by atoms with E-state index in [1.165, 1.54) is 12.8 Å². The number of ether oxygens (including phenoxy) is 4. The Bertz CT molecular complexity index is 277. The van der Waals surface area contributed by atoms with Gasteiger partial charge in [-0.25, -0.2) is 0 Å². The van der Waals surface area contributed by atoms with E-state index in [4.69, 9.17) is 18.9 Å². The average Bonchev–Trinajstić information content (AvgIpc) is 2.62. The first-order chi connectivity index (χ1) is 11.7. The summed E-state index contributed by atoms with van der Waals surface area (Å²) in [4.78, 5) is 0. The highest BCUT2D eigenvalue weighted by Gasteiger charge is 2.16. The van der Waals surface area contributed by atoms with Crippen LogP contribution in [0, 0.1) is 0 Å². The van der Waals surface area contributed by atoms with Crippen LogP contribution >= 0.6 is 25.3 Å². The summed E-state index contributed by atoms with van der Waals surface area (Å²) in [5, 5.41) is 0.733. The van der Waals surface area contributed by atoms with Gasteiger partial charge in [0.05, 0.1) is 13.2 Å². The highest BCUT2D eigenvalue weighted by molar-refractivity contribution is 7.81. The van der Waals surface area contributed by atoms with Crippen LogP contribution in [0.3, 0.4) is 0 Å². The first-order valence-electron chi connectivity index (χ1n) is 9.56. The Hall–Kier alpha value is 0.540. The Morgan fingerprint density at radius 1 is 0.708 bits per heavy atom. The lowest BCUT2D eigenvalue weighted by Gasteiger charge is -2.24. The second-order valence-corrected chi connectivity index (χ2v) is 8.26. The van der Waals surface area contributed by atoms with Gasteiger partial charge in [-0.1, -0.05) is 0 Å². The third kappa shape index (κ3) is 9.30. The van der Waals surface area contributed by atoms with Crippen LogP contribution in [0.2, 0.25) is 0 Å². The summed E-state index contributed by atoms with van der Waals surface area (Å²) < 4.78 is 22.7. The fourth-order valence-electron chi connectivity index (χ4n) is 3.03. The second kappa shape index (κ2) is 12.8. The number of hydrogen-bond donors (Lipinski definition) is 2. The maximum absolute atomic E-state index is 5.77. The summed E-state index contributed by atoms with van der Waals surface area (Å²) in [5.41, 5.74) is 0. The van der Waals surface area contributed by atoms with Crippen molar-refractivity contribution in [3.63, 3.8) is 0 Å². The van der Waals surface area contributed by atoms with Crippen molar-refractivity contribution in [2.45, 2.75) is 87.3 Å². The van der Waals surface area contributed by atoms with Gasteiger partial charge in [0.2, 0.25) is 0 Å². The Morgan fingerprint density at radius 2 is 1.17 bits per heavy atom. The van der Waals surface area contributed by atoms with Crippen LogP contribution in [0.5, 0.6) is 0 Å². The van der Waals surface area contributed by atoms with Gasteiger partial charge in [-0.2, -0.15) is 25.3 Å². The molecule has 0 aromatic carbocycles. The van der Waals surface area contributed by atoms with Crippen molar-refractivity contribution in [3.05, 3.63) is 0 Å². The van der Waals surface area contributed by atoms with E-state index in [-0.39, 0.29) is 12.6 Å². The van der Waals surface area contributed by atoms with Crippen molar-refractivity contribution in [1.82, 2.24) is 0 Å². The molecule has 0 spiro atoms. The molecule has 2 saturated heterocycles. The molecule has 0 aromatic heterocycles. The lowest BCUT2D eigenvalue weighted by Crippen LogP contribution is -2.24. The van der Waals surface area contributed by atoms with Crippen LogP contribution in [0.1, 0.15) is 64.2 Å². The molecule has 0 N–H and O–H groups in total. The summed E-state index contributed by atoms with van der Waals surface area (Å²) in [5.74, 6) is 0. The van der Waals surface area contributed by atoms with Crippen LogP contribution < -0.4 is 0 Å². The third-order valence-corrected chi connectivity index (χ3v) is 5.65. The van der Waals surface area contributed by atoms with Crippen LogP contribution in [-0.2, 0) is 18.9 Å². The molecule has 0 radical (unpaired) electrons. The van der Waals surface area contributed by atoms with Crippen molar-refractivity contribution >= 4 is 25.3 Å². The molecule has 2 fully saturated rings.